The van der Waals surface area contributed by atoms with Crippen molar-refractivity contribution in [3.8, 4) is 0 Å². The highest BCUT2D eigenvalue weighted by Gasteiger charge is 2.56. The van der Waals surface area contributed by atoms with Gasteiger partial charge in [0, 0.05) is 5.56 Å². The van der Waals surface area contributed by atoms with Crippen LogP contribution >= 0.6 is 0 Å². The van der Waals surface area contributed by atoms with E-state index in [2.05, 4.69) is 0 Å². The topological polar surface area (TPSA) is 109 Å². The number of benzene rings is 6. The van der Waals surface area contributed by atoms with Gasteiger partial charge in [-0.2, -0.15) is 0 Å². The van der Waals surface area contributed by atoms with Crippen molar-refractivity contribution in [2.75, 3.05) is 13.2 Å². The molecule has 11 heteroatoms. The minimum atomic E-state index is -1.17. The first-order chi connectivity index (χ1) is 32.1. The quantitative estimate of drug-likeness (QED) is 0.0730. The summed E-state index contributed by atoms with van der Waals surface area (Å²) in [7, 11) is 0. The van der Waals surface area contributed by atoms with Gasteiger partial charge in [-0.1, -0.05) is 182 Å². The molecule has 6 aromatic rings. The van der Waals surface area contributed by atoms with E-state index in [4.69, 9.17) is 47.4 Å². The lowest BCUT2D eigenvalue weighted by molar-refractivity contribution is -0.386. The predicted octanol–water partition coefficient (Wildman–Crippen LogP) is 8.69. The van der Waals surface area contributed by atoms with Crippen LogP contribution in [0, 0.1) is 0 Å². The number of carbonyl (C=O) groups is 1. The monoisotopic (exact) mass is 878 g/mol. The van der Waals surface area contributed by atoms with Gasteiger partial charge in [0.1, 0.15) is 36.6 Å². The Morgan fingerprint density at radius 3 is 1.43 bits per heavy atom. The Morgan fingerprint density at radius 2 is 0.908 bits per heavy atom. The highest BCUT2D eigenvalue weighted by Crippen LogP contribution is 2.39. The molecule has 0 bridgehead atoms. The van der Waals surface area contributed by atoms with Gasteiger partial charge in [-0.15, -0.1) is 0 Å². The number of esters is 1. The number of ether oxygens (including phenoxy) is 10. The number of carbonyl (C=O) groups excluding carboxylic acids is 1. The summed E-state index contributed by atoms with van der Waals surface area (Å²) >= 11 is 0. The molecule has 0 aliphatic carbocycles. The Bertz CT molecular complexity index is 2310. The molecule has 11 nitrogen and oxygen atoms in total. The summed E-state index contributed by atoms with van der Waals surface area (Å²) in [5.41, 5.74) is 5.55. The molecule has 0 amide bonds. The molecule has 0 unspecified atom stereocenters. The van der Waals surface area contributed by atoms with E-state index in [1.54, 1.807) is 0 Å². The molecule has 3 aliphatic heterocycles. The summed E-state index contributed by atoms with van der Waals surface area (Å²) in [6.07, 6.45) is -8.68. The maximum Gasteiger partial charge on any atom is 0.338 e. The highest BCUT2D eigenvalue weighted by atomic mass is 16.8. The lowest BCUT2D eigenvalue weighted by atomic mass is 9.95. The van der Waals surface area contributed by atoms with E-state index in [0.29, 0.717) is 0 Å². The number of hydrogen-bond acceptors (Lipinski definition) is 11. The number of hydrogen-bond donors (Lipinski definition) is 0. The molecule has 0 aromatic heterocycles. The second kappa shape index (κ2) is 22.6. The van der Waals surface area contributed by atoms with Crippen molar-refractivity contribution in [1.82, 2.24) is 0 Å². The first-order valence-corrected chi connectivity index (χ1v) is 22.2. The van der Waals surface area contributed by atoms with Crippen molar-refractivity contribution in [3.05, 3.63) is 215 Å². The van der Waals surface area contributed by atoms with E-state index < -0.39 is 67.4 Å². The van der Waals surface area contributed by atoms with Crippen LogP contribution < -0.4 is 0 Å². The second-order valence-electron chi connectivity index (χ2n) is 16.3. The van der Waals surface area contributed by atoms with Crippen LogP contribution in [0.25, 0.3) is 0 Å². The lowest BCUT2D eigenvalue weighted by Gasteiger charge is -2.50. The van der Waals surface area contributed by atoms with Gasteiger partial charge in [0.25, 0.3) is 0 Å². The molecule has 3 heterocycles. The van der Waals surface area contributed by atoms with Crippen molar-refractivity contribution >= 4 is 5.97 Å². The Hall–Kier alpha value is -5.57. The molecule has 10 atom stereocenters. The molecule has 3 aliphatic rings. The van der Waals surface area contributed by atoms with E-state index in [9.17, 15) is 4.79 Å². The van der Waals surface area contributed by atoms with Gasteiger partial charge in [-0.25, -0.2) is 4.79 Å². The number of cyclic esters (lactones) is 1. The minimum absolute atomic E-state index is 0.00483. The summed E-state index contributed by atoms with van der Waals surface area (Å²) in [6, 6.07) is 58.9. The zero-order valence-electron chi connectivity index (χ0n) is 36.0. The van der Waals surface area contributed by atoms with Gasteiger partial charge in [0.15, 0.2) is 24.8 Å². The first kappa shape index (κ1) is 44.6. The van der Waals surface area contributed by atoms with Gasteiger partial charge >= 0.3 is 5.97 Å². The zero-order chi connectivity index (χ0) is 44.0. The first-order valence-electron chi connectivity index (χ1n) is 22.2. The normalized spacial score (nSPS) is 26.5. The smallest absolute Gasteiger partial charge is 0.338 e. The van der Waals surface area contributed by atoms with Crippen molar-refractivity contribution in [3.63, 3.8) is 0 Å². The summed E-state index contributed by atoms with van der Waals surface area (Å²) in [5, 5.41) is 0. The van der Waals surface area contributed by atoms with Gasteiger partial charge in [-0.3, -0.25) is 0 Å². The molecule has 3 saturated heterocycles. The van der Waals surface area contributed by atoms with Crippen molar-refractivity contribution in [2.45, 2.75) is 94.4 Å². The van der Waals surface area contributed by atoms with Crippen LogP contribution in [0.1, 0.15) is 39.7 Å². The minimum Gasteiger partial charge on any atom is -0.455 e. The Balaban J connectivity index is 1.07. The number of rotatable bonds is 19. The van der Waals surface area contributed by atoms with Crippen molar-refractivity contribution in [2.24, 2.45) is 0 Å². The van der Waals surface area contributed by atoms with Crippen LogP contribution in [0.5, 0.6) is 0 Å². The standard InChI is InChI=1S/C54H54O11/c55-52-50(59-34-41-25-13-4-14-26-41)48(57-32-39-21-9-2-10-22-39)46(44(62-52)36-56-31-38-19-7-1-8-20-38)65-54-51(60-35-42-27-15-5-16-28-42)49(58-33-40-23-11-3-12-24-40)47-45(63-54)37-61-53(64-47)43-29-17-6-18-30-43/h1-30,44-51,53-54H,31-37H2/t44-,45-,46-,47+,48+,49+,50-,51-,53+,54+/m1/s1. The SMILES string of the molecule is O=C1O[C@H](COCc2ccccc2)[C@@H](O[C@@H]2O[C@@H]3CO[C@H](c4ccccc4)O[C@@H]3[C@H](OCc3ccccc3)[C@H]2OCc2ccccc2)[C@H](OCc2ccccc2)[C@H]1OCc1ccccc1. The van der Waals surface area contributed by atoms with E-state index in [1.165, 1.54) is 0 Å². The van der Waals surface area contributed by atoms with Crippen LogP contribution in [0.4, 0.5) is 0 Å². The Kier molecular flexibility index (Phi) is 15.5. The van der Waals surface area contributed by atoms with Gasteiger partial charge in [0.05, 0.1) is 46.2 Å². The zero-order valence-corrected chi connectivity index (χ0v) is 36.0. The fourth-order valence-corrected chi connectivity index (χ4v) is 8.32. The predicted molar refractivity (Wildman–Crippen MR) is 240 cm³/mol. The molecule has 9 rings (SSSR count). The third-order valence-electron chi connectivity index (χ3n) is 11.7. The van der Waals surface area contributed by atoms with Crippen LogP contribution in [0.2, 0.25) is 0 Å². The van der Waals surface area contributed by atoms with Crippen LogP contribution in [-0.4, -0.2) is 74.3 Å². The molecule has 0 radical (unpaired) electrons. The van der Waals surface area contributed by atoms with Gasteiger partial charge < -0.3 is 47.4 Å². The maximum atomic E-state index is 14.2. The molecule has 0 spiro atoms. The van der Waals surface area contributed by atoms with Crippen molar-refractivity contribution < 1.29 is 52.2 Å². The summed E-state index contributed by atoms with van der Waals surface area (Å²) in [5.74, 6) is -0.584. The molecule has 0 saturated carbocycles. The third kappa shape index (κ3) is 11.8. The largest absolute Gasteiger partial charge is 0.455 e. The average molecular weight is 879 g/mol. The Morgan fingerprint density at radius 1 is 0.462 bits per heavy atom. The fraction of sp³-hybridized carbons (Fsp3) is 0.315. The third-order valence-corrected chi connectivity index (χ3v) is 11.7. The fourth-order valence-electron chi connectivity index (χ4n) is 8.32. The van der Waals surface area contributed by atoms with E-state index in [0.717, 1.165) is 33.4 Å². The maximum absolute atomic E-state index is 14.2. The summed E-state index contributed by atoms with van der Waals surface area (Å²) in [4.78, 5) is 14.2. The van der Waals surface area contributed by atoms with Gasteiger partial charge in [-0.05, 0) is 27.8 Å². The van der Waals surface area contributed by atoms with Crippen LogP contribution in [0.15, 0.2) is 182 Å². The van der Waals surface area contributed by atoms with E-state index in [1.807, 2.05) is 182 Å². The molecule has 6 aromatic carbocycles. The lowest BCUT2D eigenvalue weighted by Crippen LogP contribution is -2.66. The van der Waals surface area contributed by atoms with Crippen molar-refractivity contribution in [1.29, 1.82) is 0 Å². The summed E-state index contributed by atoms with van der Waals surface area (Å²) < 4.78 is 66.9. The van der Waals surface area contributed by atoms with Gasteiger partial charge in [0.2, 0.25) is 0 Å². The van der Waals surface area contributed by atoms with Crippen LogP contribution in [0.3, 0.4) is 0 Å². The molecule has 65 heavy (non-hydrogen) atoms. The average Bonchev–Trinajstić information content (AvgIpc) is 3.36. The molecule has 0 N–H and O–H groups in total. The van der Waals surface area contributed by atoms with E-state index in [-0.39, 0.29) is 46.2 Å². The molecular weight excluding hydrogens is 825 g/mol. The summed E-state index contributed by atoms with van der Waals surface area (Å²) in [6.45, 7) is 1.24. The Labute approximate surface area is 380 Å². The van der Waals surface area contributed by atoms with Crippen LogP contribution in [-0.2, 0) is 85.2 Å². The molecule has 336 valence electrons. The highest BCUT2D eigenvalue weighted by molar-refractivity contribution is 5.77. The van der Waals surface area contributed by atoms with E-state index >= 15 is 0 Å². The second-order valence-corrected chi connectivity index (χ2v) is 16.3. The number of fused-ring (bicyclic) bond motifs is 1. The molecular formula is C54H54O11. The molecule has 3 fully saturated rings.